The number of hydrogen-bond donors (Lipinski definition) is 1. The maximum absolute atomic E-state index is 13.2. The third kappa shape index (κ3) is 3.89. The Hall–Kier alpha value is -2.20. The maximum atomic E-state index is 13.2. The van der Waals surface area contributed by atoms with Gasteiger partial charge in [0.15, 0.2) is 0 Å². The largest absolute Gasteiger partial charge is 0.326 e. The lowest BCUT2D eigenvalue weighted by atomic mass is 10.1. The van der Waals surface area contributed by atoms with Gasteiger partial charge < -0.3 is 10.6 Å². The highest BCUT2D eigenvalue weighted by atomic mass is 19.1. The Balaban J connectivity index is 2.14. The Bertz CT molecular complexity index is 610. The fourth-order valence-corrected chi connectivity index (χ4v) is 2.23. The SMILES string of the molecule is CCN(C(=O)Cc1cccc(F)c1)c1ccc(CN)cc1. The first-order chi connectivity index (χ1) is 10.1. The zero-order valence-corrected chi connectivity index (χ0v) is 12.1. The van der Waals surface area contributed by atoms with Crippen LogP contribution in [-0.4, -0.2) is 12.5 Å². The van der Waals surface area contributed by atoms with Crippen LogP contribution >= 0.6 is 0 Å². The van der Waals surface area contributed by atoms with Crippen LogP contribution in [0.15, 0.2) is 48.5 Å². The van der Waals surface area contributed by atoms with Gasteiger partial charge in [-0.2, -0.15) is 0 Å². The van der Waals surface area contributed by atoms with E-state index in [1.54, 1.807) is 17.0 Å². The zero-order chi connectivity index (χ0) is 15.2. The van der Waals surface area contributed by atoms with Gasteiger partial charge in [-0.25, -0.2) is 4.39 Å². The van der Waals surface area contributed by atoms with Crippen molar-refractivity contribution >= 4 is 11.6 Å². The van der Waals surface area contributed by atoms with E-state index in [1.165, 1.54) is 12.1 Å². The fourth-order valence-electron chi connectivity index (χ4n) is 2.23. The van der Waals surface area contributed by atoms with Crippen molar-refractivity contribution in [3.05, 3.63) is 65.5 Å². The Morgan fingerprint density at radius 3 is 2.43 bits per heavy atom. The van der Waals surface area contributed by atoms with Gasteiger partial charge in [0.25, 0.3) is 0 Å². The summed E-state index contributed by atoms with van der Waals surface area (Å²) in [7, 11) is 0. The van der Waals surface area contributed by atoms with E-state index in [0.29, 0.717) is 18.7 Å². The van der Waals surface area contributed by atoms with E-state index in [-0.39, 0.29) is 18.1 Å². The number of likely N-dealkylation sites (N-methyl/N-ethyl adjacent to an activating group) is 1. The van der Waals surface area contributed by atoms with Crippen molar-refractivity contribution in [2.24, 2.45) is 5.73 Å². The van der Waals surface area contributed by atoms with Crippen molar-refractivity contribution < 1.29 is 9.18 Å². The molecule has 0 spiro atoms. The van der Waals surface area contributed by atoms with E-state index in [4.69, 9.17) is 5.73 Å². The second kappa shape index (κ2) is 6.99. The average Bonchev–Trinajstić information content (AvgIpc) is 2.48. The highest BCUT2D eigenvalue weighted by Crippen LogP contribution is 2.17. The number of benzene rings is 2. The number of carbonyl (C=O) groups is 1. The average molecular weight is 286 g/mol. The van der Waals surface area contributed by atoms with Crippen molar-refractivity contribution in [2.75, 3.05) is 11.4 Å². The number of hydrogen-bond acceptors (Lipinski definition) is 2. The van der Waals surface area contributed by atoms with E-state index in [9.17, 15) is 9.18 Å². The molecule has 0 bridgehead atoms. The predicted octanol–water partition coefficient (Wildman–Crippen LogP) is 2.88. The molecule has 1 amide bonds. The zero-order valence-electron chi connectivity index (χ0n) is 12.1. The van der Waals surface area contributed by atoms with Gasteiger partial charge in [-0.1, -0.05) is 24.3 Å². The van der Waals surface area contributed by atoms with Crippen molar-refractivity contribution in [1.29, 1.82) is 0 Å². The molecule has 4 heteroatoms. The van der Waals surface area contributed by atoms with Gasteiger partial charge in [0.1, 0.15) is 5.82 Å². The first kappa shape index (κ1) is 15.2. The number of anilines is 1. The Labute approximate surface area is 124 Å². The lowest BCUT2D eigenvalue weighted by Gasteiger charge is -2.21. The van der Waals surface area contributed by atoms with Gasteiger partial charge in [0.05, 0.1) is 6.42 Å². The first-order valence-electron chi connectivity index (χ1n) is 6.98. The molecule has 2 N–H and O–H groups in total. The predicted molar refractivity (Wildman–Crippen MR) is 82.5 cm³/mol. The lowest BCUT2D eigenvalue weighted by Crippen LogP contribution is -2.32. The Morgan fingerprint density at radius 2 is 1.86 bits per heavy atom. The van der Waals surface area contributed by atoms with E-state index >= 15 is 0 Å². The molecule has 0 aliphatic heterocycles. The van der Waals surface area contributed by atoms with Crippen LogP contribution in [0, 0.1) is 5.82 Å². The van der Waals surface area contributed by atoms with Gasteiger partial charge in [-0.15, -0.1) is 0 Å². The Kier molecular flexibility index (Phi) is 5.06. The smallest absolute Gasteiger partial charge is 0.231 e. The molecular weight excluding hydrogens is 267 g/mol. The molecule has 0 aliphatic rings. The minimum absolute atomic E-state index is 0.0522. The van der Waals surface area contributed by atoms with Gasteiger partial charge in [0, 0.05) is 18.8 Å². The molecule has 0 atom stereocenters. The molecule has 0 unspecified atom stereocenters. The van der Waals surface area contributed by atoms with Crippen molar-refractivity contribution in [3.8, 4) is 0 Å². The number of amides is 1. The summed E-state index contributed by atoms with van der Waals surface area (Å²) in [6, 6.07) is 13.7. The number of carbonyl (C=O) groups excluding carboxylic acids is 1. The second-order valence-corrected chi connectivity index (χ2v) is 4.82. The minimum Gasteiger partial charge on any atom is -0.326 e. The molecule has 110 valence electrons. The molecule has 0 aromatic heterocycles. The van der Waals surface area contributed by atoms with E-state index < -0.39 is 0 Å². The second-order valence-electron chi connectivity index (χ2n) is 4.82. The number of nitrogens with two attached hydrogens (primary N) is 1. The topological polar surface area (TPSA) is 46.3 Å². The summed E-state index contributed by atoms with van der Waals surface area (Å²) in [6.07, 6.45) is 0.185. The molecule has 0 aliphatic carbocycles. The van der Waals surface area contributed by atoms with Crippen LogP contribution in [0.5, 0.6) is 0 Å². The molecule has 2 aromatic rings. The van der Waals surface area contributed by atoms with Crippen LogP contribution in [-0.2, 0) is 17.8 Å². The fraction of sp³-hybridized carbons (Fsp3) is 0.235. The minimum atomic E-state index is -0.323. The van der Waals surface area contributed by atoms with Gasteiger partial charge in [-0.05, 0) is 42.3 Å². The molecule has 2 aromatic carbocycles. The molecule has 0 radical (unpaired) electrons. The highest BCUT2D eigenvalue weighted by Gasteiger charge is 2.14. The molecule has 3 nitrogen and oxygen atoms in total. The summed E-state index contributed by atoms with van der Waals surface area (Å²) < 4.78 is 13.2. The molecule has 2 rings (SSSR count). The van der Waals surface area contributed by atoms with Crippen LogP contribution in [0.25, 0.3) is 0 Å². The van der Waals surface area contributed by atoms with E-state index in [0.717, 1.165) is 11.3 Å². The number of rotatable bonds is 5. The normalized spacial score (nSPS) is 10.4. The molecule has 0 fully saturated rings. The standard InChI is InChI=1S/C17H19FN2O/c1-2-20(16-8-6-13(12-19)7-9-16)17(21)11-14-4-3-5-15(18)10-14/h3-10H,2,11-12,19H2,1H3. The summed E-state index contributed by atoms with van der Waals surface area (Å²) in [5.74, 6) is -0.376. The quantitative estimate of drug-likeness (QED) is 0.918. The van der Waals surface area contributed by atoms with Crippen molar-refractivity contribution in [2.45, 2.75) is 19.9 Å². The summed E-state index contributed by atoms with van der Waals surface area (Å²) >= 11 is 0. The monoisotopic (exact) mass is 286 g/mol. The van der Waals surface area contributed by atoms with Crippen LogP contribution in [0.1, 0.15) is 18.1 Å². The van der Waals surface area contributed by atoms with E-state index in [2.05, 4.69) is 0 Å². The summed E-state index contributed by atoms with van der Waals surface area (Å²) in [5.41, 5.74) is 8.10. The molecule has 0 heterocycles. The van der Waals surface area contributed by atoms with Crippen LogP contribution in [0.4, 0.5) is 10.1 Å². The molecular formula is C17H19FN2O. The first-order valence-corrected chi connectivity index (χ1v) is 6.98. The number of nitrogens with zero attached hydrogens (tertiary/aromatic N) is 1. The molecule has 0 saturated carbocycles. The van der Waals surface area contributed by atoms with Crippen molar-refractivity contribution in [3.63, 3.8) is 0 Å². The Morgan fingerprint density at radius 1 is 1.14 bits per heavy atom. The van der Waals surface area contributed by atoms with Gasteiger partial charge in [0.2, 0.25) is 5.91 Å². The van der Waals surface area contributed by atoms with Crippen molar-refractivity contribution in [1.82, 2.24) is 0 Å². The lowest BCUT2D eigenvalue weighted by molar-refractivity contribution is -0.117. The molecule has 0 saturated heterocycles. The third-order valence-electron chi connectivity index (χ3n) is 3.35. The van der Waals surface area contributed by atoms with Crippen LogP contribution in [0.3, 0.4) is 0 Å². The van der Waals surface area contributed by atoms with E-state index in [1.807, 2.05) is 31.2 Å². The molecule has 21 heavy (non-hydrogen) atoms. The number of halogens is 1. The summed E-state index contributed by atoms with van der Waals surface area (Å²) in [6.45, 7) is 2.96. The van der Waals surface area contributed by atoms with Gasteiger partial charge >= 0.3 is 0 Å². The highest BCUT2D eigenvalue weighted by molar-refractivity contribution is 5.94. The summed E-state index contributed by atoms with van der Waals surface area (Å²) in [5, 5.41) is 0. The van der Waals surface area contributed by atoms with Crippen LogP contribution in [0.2, 0.25) is 0 Å². The maximum Gasteiger partial charge on any atom is 0.231 e. The summed E-state index contributed by atoms with van der Waals surface area (Å²) in [4.78, 5) is 14.1. The van der Waals surface area contributed by atoms with Crippen LogP contribution < -0.4 is 10.6 Å². The van der Waals surface area contributed by atoms with Gasteiger partial charge in [-0.3, -0.25) is 4.79 Å². The third-order valence-corrected chi connectivity index (χ3v) is 3.35.